The molecule has 1 aromatic heterocycles. The molecule has 1 aromatic rings. The van der Waals surface area contributed by atoms with Crippen LogP contribution in [-0.2, 0) is 4.74 Å². The molecule has 2 atom stereocenters. The third-order valence-corrected chi connectivity index (χ3v) is 5.19. The SMILES string of the molecule is COC(=O)c1nc(N2CC3CCCC3C2)sc1C. The summed E-state index contributed by atoms with van der Waals surface area (Å²) >= 11 is 1.61. The molecular weight excluding hydrogens is 248 g/mol. The van der Waals surface area contributed by atoms with Gasteiger partial charge in [-0.25, -0.2) is 9.78 Å². The molecular formula is C13H18N2O2S. The normalized spacial score (nSPS) is 26.4. The Hall–Kier alpha value is -1.10. The number of hydrogen-bond donors (Lipinski definition) is 0. The van der Waals surface area contributed by atoms with Gasteiger partial charge in [0.1, 0.15) is 0 Å². The second-order valence-electron chi connectivity index (χ2n) is 5.25. The van der Waals surface area contributed by atoms with Gasteiger partial charge in [-0.15, -0.1) is 11.3 Å². The summed E-state index contributed by atoms with van der Waals surface area (Å²) < 4.78 is 4.75. The minimum atomic E-state index is -0.325. The van der Waals surface area contributed by atoms with E-state index in [1.54, 1.807) is 11.3 Å². The average Bonchev–Trinajstić information content (AvgIpc) is 3.00. The predicted molar refractivity (Wildman–Crippen MR) is 71.2 cm³/mol. The number of nitrogens with zero attached hydrogens (tertiary/aromatic N) is 2. The van der Waals surface area contributed by atoms with E-state index in [-0.39, 0.29) is 5.97 Å². The quantitative estimate of drug-likeness (QED) is 0.771. The number of carbonyl (C=O) groups excluding carboxylic acids is 1. The number of anilines is 1. The first-order valence-corrected chi connectivity index (χ1v) is 7.31. The van der Waals surface area contributed by atoms with Gasteiger partial charge < -0.3 is 9.64 Å². The van der Waals surface area contributed by atoms with Crippen molar-refractivity contribution in [3.8, 4) is 0 Å². The van der Waals surface area contributed by atoms with Crippen molar-refractivity contribution >= 4 is 22.4 Å². The monoisotopic (exact) mass is 266 g/mol. The van der Waals surface area contributed by atoms with Gasteiger partial charge in [0.25, 0.3) is 0 Å². The van der Waals surface area contributed by atoms with Crippen LogP contribution in [0.1, 0.15) is 34.6 Å². The molecule has 0 spiro atoms. The molecule has 1 saturated heterocycles. The Morgan fingerprint density at radius 2 is 2.06 bits per heavy atom. The van der Waals surface area contributed by atoms with E-state index in [4.69, 9.17) is 4.74 Å². The summed E-state index contributed by atoms with van der Waals surface area (Å²) in [4.78, 5) is 19.3. The zero-order valence-corrected chi connectivity index (χ0v) is 11.6. The lowest BCUT2D eigenvalue weighted by atomic mass is 10.0. The van der Waals surface area contributed by atoms with Crippen LogP contribution in [0.5, 0.6) is 0 Å². The summed E-state index contributed by atoms with van der Waals surface area (Å²) in [6.45, 7) is 4.15. The van der Waals surface area contributed by atoms with E-state index in [2.05, 4.69) is 9.88 Å². The summed E-state index contributed by atoms with van der Waals surface area (Å²) in [5.41, 5.74) is 0.481. The highest BCUT2D eigenvalue weighted by Crippen LogP contribution is 2.40. The van der Waals surface area contributed by atoms with Crippen LogP contribution in [-0.4, -0.2) is 31.2 Å². The van der Waals surface area contributed by atoms with Crippen LogP contribution in [0.2, 0.25) is 0 Å². The van der Waals surface area contributed by atoms with Crippen molar-refractivity contribution in [2.75, 3.05) is 25.1 Å². The minimum absolute atomic E-state index is 0.325. The Balaban J connectivity index is 1.79. The third kappa shape index (κ3) is 1.90. The number of thiazole rings is 1. The molecule has 1 saturated carbocycles. The van der Waals surface area contributed by atoms with Gasteiger partial charge in [0.2, 0.25) is 0 Å². The van der Waals surface area contributed by atoms with Crippen molar-refractivity contribution in [2.45, 2.75) is 26.2 Å². The smallest absolute Gasteiger partial charge is 0.357 e. The number of fused-ring (bicyclic) bond motifs is 1. The molecule has 2 aliphatic rings. The zero-order chi connectivity index (χ0) is 12.7. The van der Waals surface area contributed by atoms with Crippen LogP contribution in [0.15, 0.2) is 0 Å². The van der Waals surface area contributed by atoms with Crippen LogP contribution in [0.3, 0.4) is 0 Å². The number of aryl methyl sites for hydroxylation is 1. The van der Waals surface area contributed by atoms with Crippen molar-refractivity contribution in [1.82, 2.24) is 4.98 Å². The van der Waals surface area contributed by atoms with Crippen molar-refractivity contribution in [3.05, 3.63) is 10.6 Å². The van der Waals surface area contributed by atoms with Gasteiger partial charge in [0, 0.05) is 18.0 Å². The molecule has 18 heavy (non-hydrogen) atoms. The van der Waals surface area contributed by atoms with Gasteiger partial charge in [0.15, 0.2) is 10.8 Å². The fourth-order valence-electron chi connectivity index (χ4n) is 3.19. The molecule has 0 bridgehead atoms. The molecule has 98 valence electrons. The maximum absolute atomic E-state index is 11.6. The molecule has 0 N–H and O–H groups in total. The number of aromatic nitrogens is 1. The standard InChI is InChI=1S/C13H18N2O2S/c1-8-11(12(16)17-2)14-13(18-8)15-6-9-4-3-5-10(9)7-15/h9-10H,3-7H2,1-2H3. The first-order valence-electron chi connectivity index (χ1n) is 6.49. The lowest BCUT2D eigenvalue weighted by Gasteiger charge is -2.15. The van der Waals surface area contributed by atoms with Gasteiger partial charge in [-0.3, -0.25) is 0 Å². The molecule has 5 heteroatoms. The molecule has 0 amide bonds. The summed E-state index contributed by atoms with van der Waals surface area (Å²) in [5.74, 6) is 1.36. The zero-order valence-electron chi connectivity index (χ0n) is 10.8. The lowest BCUT2D eigenvalue weighted by Crippen LogP contribution is -2.20. The number of hydrogen-bond acceptors (Lipinski definition) is 5. The molecule has 3 rings (SSSR count). The van der Waals surface area contributed by atoms with E-state index in [0.717, 1.165) is 34.9 Å². The number of methoxy groups -OCH3 is 1. The van der Waals surface area contributed by atoms with Crippen LogP contribution in [0, 0.1) is 18.8 Å². The Labute approximate surface area is 111 Å². The second-order valence-corrected chi connectivity index (χ2v) is 6.43. The van der Waals surface area contributed by atoms with Crippen molar-refractivity contribution in [1.29, 1.82) is 0 Å². The molecule has 2 fully saturated rings. The Kier molecular flexibility index (Phi) is 3.01. The number of esters is 1. The Morgan fingerprint density at radius 1 is 1.39 bits per heavy atom. The second kappa shape index (κ2) is 4.53. The van der Waals surface area contributed by atoms with Gasteiger partial charge in [-0.1, -0.05) is 6.42 Å². The first kappa shape index (κ1) is 12.0. The van der Waals surface area contributed by atoms with Crippen molar-refractivity contribution < 1.29 is 9.53 Å². The van der Waals surface area contributed by atoms with Gasteiger partial charge in [-0.05, 0) is 31.6 Å². The van der Waals surface area contributed by atoms with E-state index >= 15 is 0 Å². The van der Waals surface area contributed by atoms with Gasteiger partial charge in [0.05, 0.1) is 7.11 Å². The fraction of sp³-hybridized carbons (Fsp3) is 0.692. The van der Waals surface area contributed by atoms with E-state index in [0.29, 0.717) is 5.69 Å². The van der Waals surface area contributed by atoms with E-state index in [1.165, 1.54) is 26.4 Å². The molecule has 4 nitrogen and oxygen atoms in total. The van der Waals surface area contributed by atoms with Crippen LogP contribution < -0.4 is 4.90 Å². The number of carbonyl (C=O) groups is 1. The summed E-state index contributed by atoms with van der Waals surface area (Å²) in [6, 6.07) is 0. The molecule has 2 heterocycles. The van der Waals surface area contributed by atoms with Crippen molar-refractivity contribution in [2.24, 2.45) is 11.8 Å². The molecule has 1 aliphatic heterocycles. The highest BCUT2D eigenvalue weighted by molar-refractivity contribution is 7.15. The maximum Gasteiger partial charge on any atom is 0.357 e. The number of ether oxygens (including phenoxy) is 1. The third-order valence-electron chi connectivity index (χ3n) is 4.16. The molecule has 1 aliphatic carbocycles. The van der Waals surface area contributed by atoms with Crippen molar-refractivity contribution in [3.63, 3.8) is 0 Å². The highest BCUT2D eigenvalue weighted by atomic mass is 32.1. The topological polar surface area (TPSA) is 42.4 Å². The minimum Gasteiger partial charge on any atom is -0.464 e. The van der Waals surface area contributed by atoms with E-state index in [9.17, 15) is 4.79 Å². The van der Waals surface area contributed by atoms with Crippen LogP contribution in [0.4, 0.5) is 5.13 Å². The molecule has 0 radical (unpaired) electrons. The van der Waals surface area contributed by atoms with Gasteiger partial charge >= 0.3 is 5.97 Å². The van der Waals surface area contributed by atoms with E-state index < -0.39 is 0 Å². The summed E-state index contributed by atoms with van der Waals surface area (Å²) in [5, 5.41) is 0.988. The number of rotatable bonds is 2. The van der Waals surface area contributed by atoms with Gasteiger partial charge in [-0.2, -0.15) is 0 Å². The summed E-state index contributed by atoms with van der Waals surface area (Å²) in [6.07, 6.45) is 4.10. The molecule has 0 aromatic carbocycles. The fourth-order valence-corrected chi connectivity index (χ4v) is 4.11. The highest BCUT2D eigenvalue weighted by Gasteiger charge is 2.37. The van der Waals surface area contributed by atoms with Crippen LogP contribution in [0.25, 0.3) is 0 Å². The predicted octanol–water partition coefficient (Wildman–Crippen LogP) is 2.47. The van der Waals surface area contributed by atoms with E-state index in [1.807, 2.05) is 6.92 Å². The Bertz CT molecular complexity index is 460. The largest absolute Gasteiger partial charge is 0.464 e. The summed E-state index contributed by atoms with van der Waals surface area (Å²) in [7, 11) is 1.40. The molecule has 2 unspecified atom stereocenters. The first-order chi connectivity index (χ1) is 8.69. The lowest BCUT2D eigenvalue weighted by molar-refractivity contribution is 0.0594. The van der Waals surface area contributed by atoms with Crippen LogP contribution >= 0.6 is 11.3 Å². The average molecular weight is 266 g/mol. The maximum atomic E-state index is 11.6. The Morgan fingerprint density at radius 3 is 2.67 bits per heavy atom.